The van der Waals surface area contributed by atoms with Crippen LogP contribution in [0.3, 0.4) is 0 Å². The molecule has 1 unspecified atom stereocenters. The summed E-state index contributed by atoms with van der Waals surface area (Å²) in [5.41, 5.74) is 4.02. The lowest BCUT2D eigenvalue weighted by atomic mass is 10.1. The number of rotatable bonds is 3. The Morgan fingerprint density at radius 3 is 2.67 bits per heavy atom. The summed E-state index contributed by atoms with van der Waals surface area (Å²) < 4.78 is 0. The lowest BCUT2D eigenvalue weighted by Gasteiger charge is -2.15. The van der Waals surface area contributed by atoms with Gasteiger partial charge < -0.3 is 10.6 Å². The third-order valence-electron chi connectivity index (χ3n) is 3.21. The Labute approximate surface area is 92.1 Å². The topological polar surface area (TPSA) is 24.1 Å². The van der Waals surface area contributed by atoms with Crippen LogP contribution in [0.5, 0.6) is 0 Å². The molecule has 82 valence electrons. The molecule has 2 heteroatoms. The summed E-state index contributed by atoms with van der Waals surface area (Å²) in [6.45, 7) is 7.78. The molecule has 1 aromatic carbocycles. The first-order chi connectivity index (χ1) is 7.27. The van der Waals surface area contributed by atoms with E-state index in [1.165, 1.54) is 29.8 Å². The van der Waals surface area contributed by atoms with Gasteiger partial charge >= 0.3 is 0 Å². The fraction of sp³-hybridized carbons (Fsp3) is 0.538. The molecule has 1 atom stereocenters. The van der Waals surface area contributed by atoms with E-state index in [4.69, 9.17) is 0 Å². The standard InChI is InChI=1S/C13H20N2/c1-10-4-3-5-11(2)13(10)15-9-12-6-7-14-8-12/h3-5,12,14-15H,6-9H2,1-2H3. The van der Waals surface area contributed by atoms with Gasteiger partial charge in [-0.25, -0.2) is 0 Å². The van der Waals surface area contributed by atoms with Crippen molar-refractivity contribution in [2.24, 2.45) is 5.92 Å². The van der Waals surface area contributed by atoms with Crippen LogP contribution in [0.1, 0.15) is 17.5 Å². The van der Waals surface area contributed by atoms with Gasteiger partial charge in [0.05, 0.1) is 0 Å². The predicted octanol–water partition coefficient (Wildman–Crippen LogP) is 2.32. The number of hydrogen-bond donors (Lipinski definition) is 2. The molecule has 0 amide bonds. The molecule has 2 N–H and O–H groups in total. The quantitative estimate of drug-likeness (QED) is 0.789. The Bertz CT molecular complexity index is 307. The van der Waals surface area contributed by atoms with Crippen molar-refractivity contribution < 1.29 is 0 Å². The van der Waals surface area contributed by atoms with Crippen LogP contribution in [0.4, 0.5) is 5.69 Å². The van der Waals surface area contributed by atoms with Gasteiger partial charge in [0.25, 0.3) is 0 Å². The van der Waals surface area contributed by atoms with Crippen molar-refractivity contribution in [2.75, 3.05) is 25.0 Å². The first kappa shape index (κ1) is 10.5. The third kappa shape index (κ3) is 2.51. The van der Waals surface area contributed by atoms with Crippen molar-refractivity contribution in [3.8, 4) is 0 Å². The molecule has 2 rings (SSSR count). The van der Waals surface area contributed by atoms with E-state index in [1.54, 1.807) is 0 Å². The predicted molar refractivity (Wildman–Crippen MR) is 65.4 cm³/mol. The highest BCUT2D eigenvalue weighted by Gasteiger charge is 2.14. The molecule has 0 bridgehead atoms. The highest BCUT2D eigenvalue weighted by molar-refractivity contribution is 5.56. The molecule has 0 radical (unpaired) electrons. The summed E-state index contributed by atoms with van der Waals surface area (Å²) in [6, 6.07) is 6.46. The number of nitrogens with one attached hydrogen (secondary N) is 2. The lowest BCUT2D eigenvalue weighted by molar-refractivity contribution is 0.615. The van der Waals surface area contributed by atoms with Crippen molar-refractivity contribution >= 4 is 5.69 Å². The van der Waals surface area contributed by atoms with Crippen LogP contribution in [-0.2, 0) is 0 Å². The first-order valence-corrected chi connectivity index (χ1v) is 5.78. The molecule has 0 saturated carbocycles. The average Bonchev–Trinajstić information content (AvgIpc) is 2.70. The van der Waals surface area contributed by atoms with Gasteiger partial charge in [-0.15, -0.1) is 0 Å². The Balaban J connectivity index is 1.97. The van der Waals surface area contributed by atoms with Crippen LogP contribution < -0.4 is 10.6 Å². The maximum absolute atomic E-state index is 3.58. The van der Waals surface area contributed by atoms with E-state index in [9.17, 15) is 0 Å². The Morgan fingerprint density at radius 2 is 2.07 bits per heavy atom. The molecular formula is C13H20N2. The molecule has 0 aromatic heterocycles. The number of para-hydroxylation sites is 1. The Hall–Kier alpha value is -1.02. The minimum Gasteiger partial charge on any atom is -0.384 e. The first-order valence-electron chi connectivity index (χ1n) is 5.78. The van der Waals surface area contributed by atoms with Crippen LogP contribution >= 0.6 is 0 Å². The molecule has 1 aliphatic rings. The second-order valence-corrected chi connectivity index (χ2v) is 4.51. The summed E-state index contributed by atoms with van der Waals surface area (Å²) >= 11 is 0. The lowest BCUT2D eigenvalue weighted by Crippen LogP contribution is -2.18. The normalized spacial score (nSPS) is 20.5. The summed E-state index contributed by atoms with van der Waals surface area (Å²) in [5.74, 6) is 0.795. The summed E-state index contributed by atoms with van der Waals surface area (Å²) in [4.78, 5) is 0. The zero-order valence-electron chi connectivity index (χ0n) is 9.64. The van der Waals surface area contributed by atoms with Gasteiger partial charge in [0.1, 0.15) is 0 Å². The van der Waals surface area contributed by atoms with E-state index in [1.807, 2.05) is 0 Å². The third-order valence-corrected chi connectivity index (χ3v) is 3.21. The van der Waals surface area contributed by atoms with Crippen LogP contribution in [0.2, 0.25) is 0 Å². The van der Waals surface area contributed by atoms with Gasteiger partial charge in [0, 0.05) is 12.2 Å². The van der Waals surface area contributed by atoms with Crippen molar-refractivity contribution in [3.63, 3.8) is 0 Å². The largest absolute Gasteiger partial charge is 0.384 e. The maximum atomic E-state index is 3.58. The van der Waals surface area contributed by atoms with Gasteiger partial charge in [-0.3, -0.25) is 0 Å². The summed E-state index contributed by atoms with van der Waals surface area (Å²) in [5, 5.41) is 6.98. The number of aryl methyl sites for hydroxylation is 2. The zero-order valence-corrected chi connectivity index (χ0v) is 9.64. The highest BCUT2D eigenvalue weighted by Crippen LogP contribution is 2.20. The minimum atomic E-state index is 0.795. The van der Waals surface area contributed by atoms with E-state index in [2.05, 4.69) is 42.7 Å². The molecule has 0 spiro atoms. The van der Waals surface area contributed by atoms with Crippen LogP contribution in [0.15, 0.2) is 18.2 Å². The zero-order chi connectivity index (χ0) is 10.7. The fourth-order valence-electron chi connectivity index (χ4n) is 2.23. The molecule has 1 saturated heterocycles. The number of benzene rings is 1. The van der Waals surface area contributed by atoms with Crippen LogP contribution in [0.25, 0.3) is 0 Å². The van der Waals surface area contributed by atoms with Crippen LogP contribution in [0, 0.1) is 19.8 Å². The van der Waals surface area contributed by atoms with Crippen molar-refractivity contribution in [3.05, 3.63) is 29.3 Å². The van der Waals surface area contributed by atoms with E-state index >= 15 is 0 Å². The summed E-state index contributed by atoms with van der Waals surface area (Å²) in [6.07, 6.45) is 1.30. The van der Waals surface area contributed by atoms with Gasteiger partial charge in [-0.2, -0.15) is 0 Å². The van der Waals surface area contributed by atoms with Crippen molar-refractivity contribution in [1.29, 1.82) is 0 Å². The van der Waals surface area contributed by atoms with E-state index in [0.717, 1.165) is 19.0 Å². The van der Waals surface area contributed by atoms with Gasteiger partial charge in [-0.1, -0.05) is 18.2 Å². The number of hydrogen-bond acceptors (Lipinski definition) is 2. The molecular weight excluding hydrogens is 184 g/mol. The monoisotopic (exact) mass is 204 g/mol. The molecule has 15 heavy (non-hydrogen) atoms. The molecule has 1 heterocycles. The Morgan fingerprint density at radius 1 is 1.33 bits per heavy atom. The Kier molecular flexibility index (Phi) is 3.27. The molecule has 1 aromatic rings. The molecule has 0 aliphatic carbocycles. The fourth-order valence-corrected chi connectivity index (χ4v) is 2.23. The van der Waals surface area contributed by atoms with E-state index in [0.29, 0.717) is 0 Å². The SMILES string of the molecule is Cc1cccc(C)c1NCC1CCNC1. The second kappa shape index (κ2) is 4.67. The van der Waals surface area contributed by atoms with Crippen molar-refractivity contribution in [2.45, 2.75) is 20.3 Å². The average molecular weight is 204 g/mol. The molecule has 2 nitrogen and oxygen atoms in total. The van der Waals surface area contributed by atoms with Crippen molar-refractivity contribution in [1.82, 2.24) is 5.32 Å². The van der Waals surface area contributed by atoms with Crippen LogP contribution in [-0.4, -0.2) is 19.6 Å². The van der Waals surface area contributed by atoms with E-state index < -0.39 is 0 Å². The highest BCUT2D eigenvalue weighted by atomic mass is 14.9. The minimum absolute atomic E-state index is 0.795. The molecule has 1 fully saturated rings. The number of anilines is 1. The van der Waals surface area contributed by atoms with Gasteiger partial charge in [0.15, 0.2) is 0 Å². The summed E-state index contributed by atoms with van der Waals surface area (Å²) in [7, 11) is 0. The smallest absolute Gasteiger partial charge is 0.0399 e. The molecule has 1 aliphatic heterocycles. The van der Waals surface area contributed by atoms with Gasteiger partial charge in [-0.05, 0) is 50.4 Å². The maximum Gasteiger partial charge on any atom is 0.0399 e. The second-order valence-electron chi connectivity index (χ2n) is 4.51. The van der Waals surface area contributed by atoms with Gasteiger partial charge in [0.2, 0.25) is 0 Å². The van der Waals surface area contributed by atoms with E-state index in [-0.39, 0.29) is 0 Å².